The molecule has 2 saturated heterocycles. The normalized spacial score (nSPS) is 20.1. The van der Waals surface area contributed by atoms with Gasteiger partial charge >= 0.3 is 41.5 Å². The second kappa shape index (κ2) is 13.0. The van der Waals surface area contributed by atoms with E-state index in [0.29, 0.717) is 0 Å². The summed E-state index contributed by atoms with van der Waals surface area (Å²) in [7, 11) is 0. The summed E-state index contributed by atoms with van der Waals surface area (Å²) in [4.78, 5) is 23.4. The Balaban J connectivity index is 0. The van der Waals surface area contributed by atoms with Crippen molar-refractivity contribution < 1.29 is 50.0 Å². The second-order valence-electron chi connectivity index (χ2n) is 8.46. The quantitative estimate of drug-likeness (QED) is 0.443. The van der Waals surface area contributed by atoms with Gasteiger partial charge in [0.15, 0.2) is 4.08 Å². The Labute approximate surface area is 211 Å². The smallest absolute Gasteiger partial charge is 1.00 e. The summed E-state index contributed by atoms with van der Waals surface area (Å²) < 4.78 is 10.3. The molecule has 0 unspecified atom stereocenters. The van der Waals surface area contributed by atoms with Crippen molar-refractivity contribution in [3.63, 3.8) is 0 Å². The number of carbonyl (C=O) groups is 2. The minimum atomic E-state index is -0.383. The van der Waals surface area contributed by atoms with E-state index in [1.165, 1.54) is 12.8 Å². The third-order valence-electron chi connectivity index (χ3n) is 3.24. The molecule has 9 heteroatoms. The van der Waals surface area contributed by atoms with E-state index in [1.807, 2.05) is 48.5 Å². The van der Waals surface area contributed by atoms with Crippen LogP contribution in [0.25, 0.3) is 0 Å². The van der Waals surface area contributed by atoms with E-state index in [4.69, 9.17) is 9.47 Å². The molecule has 2 aliphatic rings. The number of thioether (sulfide) groups is 4. The van der Waals surface area contributed by atoms with Crippen molar-refractivity contribution in [1.82, 2.24) is 0 Å². The summed E-state index contributed by atoms with van der Waals surface area (Å²) in [5.41, 5.74) is -0.728. The summed E-state index contributed by atoms with van der Waals surface area (Å²) >= 11 is 6.81. The summed E-state index contributed by atoms with van der Waals surface area (Å²) in [6.07, 6.45) is 2.39. The predicted octanol–water partition coefficient (Wildman–Crippen LogP) is 2.56. The van der Waals surface area contributed by atoms with E-state index in [1.54, 1.807) is 47.0 Å². The zero-order valence-corrected chi connectivity index (χ0v) is 23.9. The Morgan fingerprint density at radius 2 is 1.29 bits per heavy atom. The number of rotatable bonds is 2. The molecule has 28 heavy (non-hydrogen) atoms. The molecule has 0 saturated carbocycles. The van der Waals surface area contributed by atoms with Crippen molar-refractivity contribution in [2.75, 3.05) is 23.0 Å². The van der Waals surface area contributed by atoms with Crippen LogP contribution < -0.4 is 29.6 Å². The van der Waals surface area contributed by atoms with Gasteiger partial charge in [0.05, 0.1) is 0 Å². The predicted molar refractivity (Wildman–Crippen MR) is 124 cm³/mol. The minimum absolute atomic E-state index is 0. The first-order valence-corrected chi connectivity index (χ1v) is 13.4. The Morgan fingerprint density at radius 3 is 1.71 bits per heavy atom. The molecule has 2 fully saturated rings. The maximum absolute atomic E-state index is 11.9. The van der Waals surface area contributed by atoms with Gasteiger partial charge in [0.2, 0.25) is 0 Å². The van der Waals surface area contributed by atoms with Crippen LogP contribution in [0.3, 0.4) is 0 Å². The fourth-order valence-electron chi connectivity index (χ4n) is 2.10. The largest absolute Gasteiger partial charge is 1.00 e. The number of ether oxygens (including phenoxy) is 2. The van der Waals surface area contributed by atoms with Gasteiger partial charge in [0, 0.05) is 0 Å². The Hall–Kier alpha value is 1.34. The van der Waals surface area contributed by atoms with Crippen LogP contribution in [0.2, 0.25) is 0 Å². The Morgan fingerprint density at radius 1 is 0.857 bits per heavy atom. The van der Waals surface area contributed by atoms with Gasteiger partial charge in [-0.25, -0.2) is 9.59 Å². The second-order valence-corrected chi connectivity index (χ2v) is 14.5. The SMILES string of the molecule is CC(C)(C)OC(=O)C1(C)SCCCS1.CC(C)(C)OC(=O)C1SCCCS1.[H-].[Na+]. The molecule has 0 aromatic carbocycles. The molecule has 0 aromatic heterocycles. The van der Waals surface area contributed by atoms with Crippen LogP contribution in [-0.4, -0.2) is 54.8 Å². The Bertz CT molecular complexity index is 497. The molecule has 4 nitrogen and oxygen atoms in total. The van der Waals surface area contributed by atoms with Gasteiger partial charge in [-0.1, -0.05) is 0 Å². The van der Waals surface area contributed by atoms with Gasteiger partial charge in [0.25, 0.3) is 0 Å². The topological polar surface area (TPSA) is 52.6 Å². The molecule has 0 bridgehead atoms. The van der Waals surface area contributed by atoms with Gasteiger partial charge < -0.3 is 10.9 Å². The van der Waals surface area contributed by atoms with Crippen LogP contribution in [0.4, 0.5) is 0 Å². The Kier molecular flexibility index (Phi) is 13.6. The number of hydrogen-bond donors (Lipinski definition) is 0. The molecule has 2 heterocycles. The van der Waals surface area contributed by atoms with Gasteiger partial charge in [-0.05, 0) is 84.3 Å². The third-order valence-corrected chi connectivity index (χ3v) is 9.22. The number of carbonyl (C=O) groups excluding carboxylic acids is 2. The molecule has 2 rings (SSSR count). The summed E-state index contributed by atoms with van der Waals surface area (Å²) in [5.74, 6) is 4.13. The maximum atomic E-state index is 11.9. The van der Waals surface area contributed by atoms with Crippen LogP contribution >= 0.6 is 47.0 Å². The molecular weight excluding hydrogens is 443 g/mol. The summed E-state index contributed by atoms with van der Waals surface area (Å²) in [6.45, 7) is 13.4. The van der Waals surface area contributed by atoms with Crippen molar-refractivity contribution in [2.45, 2.75) is 81.2 Å². The maximum Gasteiger partial charge on any atom is 1.00 e. The molecule has 0 aromatic rings. The molecule has 0 amide bonds. The van der Waals surface area contributed by atoms with Crippen LogP contribution in [0.1, 0.15) is 62.7 Å². The monoisotopic (exact) mass is 478 g/mol. The van der Waals surface area contributed by atoms with Gasteiger partial charge in [0.1, 0.15) is 15.8 Å². The molecule has 0 N–H and O–H groups in total. The zero-order valence-electron chi connectivity index (χ0n) is 19.6. The average Bonchev–Trinajstić information content (AvgIpc) is 2.54. The fraction of sp³-hybridized carbons (Fsp3) is 0.895. The first-order chi connectivity index (χ1) is 12.3. The summed E-state index contributed by atoms with van der Waals surface area (Å²) in [6, 6.07) is 0. The first-order valence-electron chi connectivity index (χ1n) is 9.30. The number of hydrogen-bond acceptors (Lipinski definition) is 8. The first kappa shape index (κ1) is 29.3. The molecule has 0 radical (unpaired) electrons. The molecule has 0 atom stereocenters. The molecule has 0 spiro atoms. The standard InChI is InChI=1S/C10H18O2S2.C9H16O2S2.Na.H/c1-9(2,3)12-8(11)10(4)13-6-5-7-14-10;1-9(2,3)11-7(10)8-12-5-4-6-13-8;;/h5-7H2,1-4H3;8H,4-6H2,1-3H3;;/q;;+1;-1. The van der Waals surface area contributed by atoms with Crippen molar-refractivity contribution >= 4 is 59.0 Å². The van der Waals surface area contributed by atoms with E-state index in [9.17, 15) is 9.59 Å². The average molecular weight is 479 g/mol. The van der Waals surface area contributed by atoms with Gasteiger partial charge in [-0.2, -0.15) is 0 Å². The number of esters is 2. The molecule has 0 aliphatic carbocycles. The van der Waals surface area contributed by atoms with Crippen molar-refractivity contribution in [1.29, 1.82) is 0 Å². The fourth-order valence-corrected chi connectivity index (χ4v) is 7.35. The van der Waals surface area contributed by atoms with Crippen molar-refractivity contribution in [3.05, 3.63) is 0 Å². The molecule has 160 valence electrons. The van der Waals surface area contributed by atoms with Crippen molar-refractivity contribution in [3.8, 4) is 0 Å². The molecule has 2 aliphatic heterocycles. The zero-order chi connectivity index (χ0) is 20.7. The minimum Gasteiger partial charge on any atom is -1.00 e. The van der Waals surface area contributed by atoms with E-state index in [0.717, 1.165) is 23.0 Å². The van der Waals surface area contributed by atoms with Crippen molar-refractivity contribution in [2.24, 2.45) is 0 Å². The van der Waals surface area contributed by atoms with Gasteiger partial charge in [-0.15, -0.1) is 47.0 Å². The summed E-state index contributed by atoms with van der Waals surface area (Å²) in [5, 5.41) is 0. The third kappa shape index (κ3) is 12.3. The van der Waals surface area contributed by atoms with Crippen LogP contribution in [0, 0.1) is 0 Å². The van der Waals surface area contributed by atoms with E-state index < -0.39 is 0 Å². The van der Waals surface area contributed by atoms with E-state index >= 15 is 0 Å². The van der Waals surface area contributed by atoms with Crippen LogP contribution in [0.15, 0.2) is 0 Å². The molecular formula is C19H35NaO4S4. The van der Waals surface area contributed by atoms with Crippen LogP contribution in [-0.2, 0) is 19.1 Å². The van der Waals surface area contributed by atoms with Gasteiger partial charge in [-0.3, -0.25) is 0 Å². The van der Waals surface area contributed by atoms with Crippen LogP contribution in [0.5, 0.6) is 0 Å². The van der Waals surface area contributed by atoms with E-state index in [-0.39, 0.29) is 62.8 Å². The van der Waals surface area contributed by atoms with E-state index in [2.05, 4.69) is 0 Å².